The Morgan fingerprint density at radius 2 is 2.00 bits per heavy atom. The van der Waals surface area contributed by atoms with Crippen LogP contribution in [0, 0.1) is 0 Å². The van der Waals surface area contributed by atoms with Crippen LogP contribution in [-0.2, 0) is 11.2 Å². The van der Waals surface area contributed by atoms with Crippen molar-refractivity contribution in [2.45, 2.75) is 19.8 Å². The van der Waals surface area contributed by atoms with Crippen molar-refractivity contribution in [3.63, 3.8) is 0 Å². The predicted octanol–water partition coefficient (Wildman–Crippen LogP) is 3.17. The second-order valence-corrected chi connectivity index (χ2v) is 4.78. The number of hydrazone groups is 1. The lowest BCUT2D eigenvalue weighted by atomic mass is 10.1. The normalized spacial score (nSPS) is 10.6. The van der Waals surface area contributed by atoms with Crippen LogP contribution < -0.4 is 10.2 Å². The molecule has 0 bridgehead atoms. The number of amides is 1. The highest BCUT2D eigenvalue weighted by atomic mass is 16.5. The van der Waals surface area contributed by atoms with Crippen LogP contribution in [0.4, 0.5) is 0 Å². The van der Waals surface area contributed by atoms with E-state index in [9.17, 15) is 4.79 Å². The van der Waals surface area contributed by atoms with Gasteiger partial charge in [0.1, 0.15) is 5.75 Å². The van der Waals surface area contributed by atoms with Crippen molar-refractivity contribution >= 4 is 12.1 Å². The topological polar surface area (TPSA) is 50.7 Å². The fourth-order valence-corrected chi connectivity index (χ4v) is 1.99. The number of carbonyl (C=O) groups excluding carboxylic acids is 1. The molecule has 0 unspecified atom stereocenters. The van der Waals surface area contributed by atoms with Crippen LogP contribution in [0.5, 0.6) is 5.75 Å². The molecular formula is C18H20N2O2. The monoisotopic (exact) mass is 296 g/mol. The number of nitrogens with zero attached hydrogens (tertiary/aromatic N) is 1. The molecule has 0 spiro atoms. The maximum absolute atomic E-state index is 11.7. The molecule has 0 saturated heterocycles. The van der Waals surface area contributed by atoms with Gasteiger partial charge in [0, 0.05) is 6.42 Å². The minimum atomic E-state index is -0.0962. The molecule has 0 atom stereocenters. The summed E-state index contributed by atoms with van der Waals surface area (Å²) >= 11 is 0. The van der Waals surface area contributed by atoms with Crippen molar-refractivity contribution in [1.29, 1.82) is 0 Å². The van der Waals surface area contributed by atoms with Crippen molar-refractivity contribution in [2.24, 2.45) is 5.10 Å². The number of aryl methyl sites for hydroxylation is 1. The number of rotatable bonds is 7. The van der Waals surface area contributed by atoms with Crippen LogP contribution in [0.2, 0.25) is 0 Å². The summed E-state index contributed by atoms with van der Waals surface area (Å²) in [4.78, 5) is 11.7. The summed E-state index contributed by atoms with van der Waals surface area (Å²) in [5, 5.41) is 3.97. The van der Waals surface area contributed by atoms with Crippen molar-refractivity contribution in [3.8, 4) is 5.75 Å². The summed E-state index contributed by atoms with van der Waals surface area (Å²) in [5.74, 6) is 0.697. The van der Waals surface area contributed by atoms with Gasteiger partial charge in [-0.2, -0.15) is 5.10 Å². The molecule has 2 rings (SSSR count). The van der Waals surface area contributed by atoms with Crippen LogP contribution in [0.1, 0.15) is 24.5 Å². The van der Waals surface area contributed by atoms with Crippen LogP contribution in [0.25, 0.3) is 0 Å². The highest BCUT2D eigenvalue weighted by Crippen LogP contribution is 2.11. The van der Waals surface area contributed by atoms with Gasteiger partial charge in [-0.05, 0) is 36.6 Å². The molecule has 2 aromatic carbocycles. The van der Waals surface area contributed by atoms with E-state index in [-0.39, 0.29) is 5.91 Å². The Kier molecular flexibility index (Phi) is 6.18. The molecular weight excluding hydrogens is 276 g/mol. The van der Waals surface area contributed by atoms with E-state index in [1.165, 1.54) is 0 Å². The van der Waals surface area contributed by atoms with Crippen LogP contribution in [-0.4, -0.2) is 18.7 Å². The van der Waals surface area contributed by atoms with Crippen molar-refractivity contribution in [3.05, 3.63) is 65.7 Å². The van der Waals surface area contributed by atoms with E-state index >= 15 is 0 Å². The van der Waals surface area contributed by atoms with E-state index in [1.807, 2.05) is 61.5 Å². The van der Waals surface area contributed by atoms with E-state index < -0.39 is 0 Å². The van der Waals surface area contributed by atoms with Crippen molar-refractivity contribution in [1.82, 2.24) is 5.43 Å². The molecule has 22 heavy (non-hydrogen) atoms. The van der Waals surface area contributed by atoms with Gasteiger partial charge in [-0.3, -0.25) is 4.79 Å². The molecule has 0 aromatic heterocycles. The average Bonchev–Trinajstić information content (AvgIpc) is 2.55. The SMILES string of the molecule is CCOc1cccc(/C=N\NC(=O)CCc2ccccc2)c1. The highest BCUT2D eigenvalue weighted by molar-refractivity contribution is 5.82. The zero-order valence-corrected chi connectivity index (χ0v) is 12.7. The number of hydrogen-bond donors (Lipinski definition) is 1. The number of hydrogen-bond acceptors (Lipinski definition) is 3. The molecule has 2 aromatic rings. The summed E-state index contributed by atoms with van der Waals surface area (Å²) in [6.45, 7) is 2.56. The lowest BCUT2D eigenvalue weighted by Gasteiger charge is -2.03. The first-order valence-electron chi connectivity index (χ1n) is 7.36. The molecule has 0 fully saturated rings. The van der Waals surface area contributed by atoms with Gasteiger partial charge in [-0.25, -0.2) is 5.43 Å². The maximum atomic E-state index is 11.7. The van der Waals surface area contributed by atoms with Crippen LogP contribution in [0.3, 0.4) is 0 Å². The zero-order chi connectivity index (χ0) is 15.6. The van der Waals surface area contributed by atoms with Gasteiger partial charge in [0.25, 0.3) is 0 Å². The van der Waals surface area contributed by atoms with E-state index in [2.05, 4.69) is 10.5 Å². The molecule has 0 heterocycles. The standard InChI is InChI=1S/C18H20N2O2/c1-2-22-17-10-6-9-16(13-17)14-19-20-18(21)12-11-15-7-4-3-5-8-15/h3-10,13-14H,2,11-12H2,1H3,(H,20,21)/b19-14-. The lowest BCUT2D eigenvalue weighted by Crippen LogP contribution is -2.17. The van der Waals surface area contributed by atoms with Gasteiger partial charge in [0.15, 0.2) is 0 Å². The molecule has 0 aliphatic heterocycles. The minimum absolute atomic E-state index is 0.0962. The summed E-state index contributed by atoms with van der Waals surface area (Å²) in [5.41, 5.74) is 4.57. The molecule has 0 aliphatic carbocycles. The largest absolute Gasteiger partial charge is 0.494 e. The van der Waals surface area contributed by atoms with Gasteiger partial charge in [-0.15, -0.1) is 0 Å². The quantitative estimate of drug-likeness (QED) is 0.630. The first kappa shape index (κ1) is 15.8. The second kappa shape index (κ2) is 8.62. The van der Waals surface area contributed by atoms with E-state index in [1.54, 1.807) is 6.21 Å². The zero-order valence-electron chi connectivity index (χ0n) is 12.7. The Balaban J connectivity index is 1.79. The first-order valence-corrected chi connectivity index (χ1v) is 7.36. The van der Waals surface area contributed by atoms with Gasteiger partial charge in [0.2, 0.25) is 5.91 Å². The summed E-state index contributed by atoms with van der Waals surface area (Å²) in [6.07, 6.45) is 2.74. The average molecular weight is 296 g/mol. The van der Waals surface area contributed by atoms with Gasteiger partial charge < -0.3 is 4.74 Å². The predicted molar refractivity (Wildman–Crippen MR) is 88.1 cm³/mol. The lowest BCUT2D eigenvalue weighted by molar-refractivity contribution is -0.121. The third kappa shape index (κ3) is 5.40. The third-order valence-corrected chi connectivity index (χ3v) is 3.06. The summed E-state index contributed by atoms with van der Waals surface area (Å²) < 4.78 is 5.41. The fourth-order valence-electron chi connectivity index (χ4n) is 1.99. The molecule has 1 N–H and O–H groups in total. The summed E-state index contributed by atoms with van der Waals surface area (Å²) in [6, 6.07) is 17.5. The minimum Gasteiger partial charge on any atom is -0.494 e. The van der Waals surface area contributed by atoms with Crippen LogP contribution in [0.15, 0.2) is 59.7 Å². The summed E-state index contributed by atoms with van der Waals surface area (Å²) in [7, 11) is 0. The van der Waals surface area contributed by atoms with E-state index in [0.29, 0.717) is 19.4 Å². The number of nitrogens with one attached hydrogen (secondary N) is 1. The molecule has 4 heteroatoms. The van der Waals surface area contributed by atoms with E-state index in [0.717, 1.165) is 16.9 Å². The maximum Gasteiger partial charge on any atom is 0.240 e. The molecule has 0 radical (unpaired) electrons. The van der Waals surface area contributed by atoms with Crippen molar-refractivity contribution < 1.29 is 9.53 Å². The fraction of sp³-hybridized carbons (Fsp3) is 0.222. The molecule has 4 nitrogen and oxygen atoms in total. The van der Waals surface area contributed by atoms with Gasteiger partial charge >= 0.3 is 0 Å². The van der Waals surface area contributed by atoms with Crippen LogP contribution >= 0.6 is 0 Å². The molecule has 0 saturated carbocycles. The number of carbonyl (C=O) groups is 1. The highest BCUT2D eigenvalue weighted by Gasteiger charge is 2.00. The smallest absolute Gasteiger partial charge is 0.240 e. The second-order valence-electron chi connectivity index (χ2n) is 4.78. The van der Waals surface area contributed by atoms with Gasteiger partial charge in [-0.1, -0.05) is 42.5 Å². The Morgan fingerprint density at radius 1 is 1.18 bits per heavy atom. The first-order chi connectivity index (χ1) is 10.8. The Labute approximate surface area is 130 Å². The molecule has 114 valence electrons. The third-order valence-electron chi connectivity index (χ3n) is 3.06. The van der Waals surface area contributed by atoms with E-state index in [4.69, 9.17) is 4.74 Å². The Hall–Kier alpha value is -2.62. The number of ether oxygens (including phenoxy) is 1. The molecule has 0 aliphatic rings. The Bertz CT molecular complexity index is 624. The van der Waals surface area contributed by atoms with Gasteiger partial charge in [0.05, 0.1) is 12.8 Å². The molecule has 1 amide bonds. The number of benzene rings is 2. The van der Waals surface area contributed by atoms with Crippen molar-refractivity contribution in [2.75, 3.05) is 6.61 Å². The Morgan fingerprint density at radius 3 is 2.77 bits per heavy atom.